The highest BCUT2D eigenvalue weighted by Gasteiger charge is 2.12. The van der Waals surface area contributed by atoms with Crippen molar-refractivity contribution in [3.8, 4) is 5.75 Å². The van der Waals surface area contributed by atoms with Crippen molar-refractivity contribution >= 4 is 11.6 Å². The Kier molecular flexibility index (Phi) is 6.82. The van der Waals surface area contributed by atoms with Crippen LogP contribution in [0.3, 0.4) is 0 Å². The molecule has 4 heteroatoms. The molecule has 0 aliphatic rings. The molecule has 1 N–H and O–H groups in total. The fraction of sp³-hybridized carbons (Fsp3) is 0.350. The summed E-state index contributed by atoms with van der Waals surface area (Å²) in [6, 6.07) is 13.2. The van der Waals surface area contributed by atoms with Gasteiger partial charge in [-0.2, -0.15) is 0 Å². The summed E-state index contributed by atoms with van der Waals surface area (Å²) in [6.45, 7) is 7.68. The van der Waals surface area contributed by atoms with Crippen LogP contribution in [0.2, 0.25) is 0 Å². The van der Waals surface area contributed by atoms with Crippen LogP contribution in [0.25, 0.3) is 0 Å². The topological polar surface area (TPSA) is 47.6 Å². The standard InChI is InChI=1S/C20H25NO3/c1-4-12-23-14-17-13-16(10-11-19(17)24-5-2)20(22)21-18-9-7-6-8-15(18)3/h6-11,13H,4-5,12,14H2,1-3H3,(H,21,22). The smallest absolute Gasteiger partial charge is 0.255 e. The number of benzene rings is 2. The summed E-state index contributed by atoms with van der Waals surface area (Å²) in [5, 5.41) is 2.95. The van der Waals surface area contributed by atoms with E-state index < -0.39 is 0 Å². The predicted molar refractivity (Wildman–Crippen MR) is 96.7 cm³/mol. The first kappa shape index (κ1) is 18.0. The minimum absolute atomic E-state index is 0.135. The monoisotopic (exact) mass is 327 g/mol. The van der Waals surface area contributed by atoms with E-state index in [-0.39, 0.29) is 5.91 Å². The molecule has 0 aliphatic carbocycles. The van der Waals surface area contributed by atoms with Gasteiger partial charge in [-0.05, 0) is 50.1 Å². The average Bonchev–Trinajstić information content (AvgIpc) is 2.58. The second-order valence-electron chi connectivity index (χ2n) is 5.58. The molecule has 2 aromatic rings. The van der Waals surface area contributed by atoms with Gasteiger partial charge in [-0.3, -0.25) is 4.79 Å². The molecule has 0 fully saturated rings. The molecule has 0 unspecified atom stereocenters. The molecule has 0 aromatic heterocycles. The Bertz CT molecular complexity index is 682. The van der Waals surface area contributed by atoms with Crippen molar-refractivity contribution < 1.29 is 14.3 Å². The maximum absolute atomic E-state index is 12.5. The molecule has 2 aromatic carbocycles. The van der Waals surface area contributed by atoms with Gasteiger partial charge >= 0.3 is 0 Å². The number of hydrogen-bond donors (Lipinski definition) is 1. The van der Waals surface area contributed by atoms with Gasteiger partial charge in [0, 0.05) is 23.4 Å². The third-order valence-corrected chi connectivity index (χ3v) is 3.62. The van der Waals surface area contributed by atoms with Crippen molar-refractivity contribution in [2.75, 3.05) is 18.5 Å². The van der Waals surface area contributed by atoms with Crippen molar-refractivity contribution in [1.29, 1.82) is 0 Å². The summed E-state index contributed by atoms with van der Waals surface area (Å²) in [5.74, 6) is 0.630. The first-order valence-corrected chi connectivity index (χ1v) is 8.36. The number of nitrogens with one attached hydrogen (secondary N) is 1. The molecule has 2 rings (SSSR count). The second kappa shape index (κ2) is 9.08. The molecule has 0 heterocycles. The Morgan fingerprint density at radius 2 is 1.92 bits per heavy atom. The number of aryl methyl sites for hydroxylation is 1. The number of rotatable bonds is 8. The third kappa shape index (κ3) is 4.83. The van der Waals surface area contributed by atoms with E-state index >= 15 is 0 Å². The van der Waals surface area contributed by atoms with E-state index in [2.05, 4.69) is 12.2 Å². The zero-order chi connectivity index (χ0) is 17.4. The largest absolute Gasteiger partial charge is 0.494 e. The minimum Gasteiger partial charge on any atom is -0.494 e. The number of para-hydroxylation sites is 1. The number of anilines is 1. The first-order chi connectivity index (χ1) is 11.7. The summed E-state index contributed by atoms with van der Waals surface area (Å²) in [6.07, 6.45) is 0.956. The van der Waals surface area contributed by atoms with Crippen molar-refractivity contribution in [3.05, 3.63) is 59.2 Å². The zero-order valence-corrected chi connectivity index (χ0v) is 14.6. The Hall–Kier alpha value is -2.33. The summed E-state index contributed by atoms with van der Waals surface area (Å²) >= 11 is 0. The van der Waals surface area contributed by atoms with E-state index in [9.17, 15) is 4.79 Å². The lowest BCUT2D eigenvalue weighted by molar-refractivity contribution is 0.102. The van der Waals surface area contributed by atoms with Crippen LogP contribution in [0.5, 0.6) is 5.75 Å². The molecule has 0 aliphatic heterocycles. The van der Waals surface area contributed by atoms with Crippen LogP contribution in [0.4, 0.5) is 5.69 Å². The molecule has 24 heavy (non-hydrogen) atoms. The van der Waals surface area contributed by atoms with E-state index in [0.29, 0.717) is 25.4 Å². The molecule has 0 radical (unpaired) electrons. The Morgan fingerprint density at radius 3 is 2.62 bits per heavy atom. The van der Waals surface area contributed by atoms with Gasteiger partial charge in [-0.1, -0.05) is 25.1 Å². The summed E-state index contributed by atoms with van der Waals surface area (Å²) in [7, 11) is 0. The number of carbonyl (C=O) groups is 1. The number of carbonyl (C=O) groups excluding carboxylic acids is 1. The number of ether oxygens (including phenoxy) is 2. The molecule has 0 spiro atoms. The maximum atomic E-state index is 12.5. The second-order valence-corrected chi connectivity index (χ2v) is 5.58. The number of amides is 1. The van der Waals surface area contributed by atoms with Crippen LogP contribution >= 0.6 is 0 Å². The highest BCUT2D eigenvalue weighted by molar-refractivity contribution is 6.04. The zero-order valence-electron chi connectivity index (χ0n) is 14.6. The van der Waals surface area contributed by atoms with Gasteiger partial charge < -0.3 is 14.8 Å². The Morgan fingerprint density at radius 1 is 1.12 bits per heavy atom. The summed E-state index contributed by atoms with van der Waals surface area (Å²) in [4.78, 5) is 12.5. The highest BCUT2D eigenvalue weighted by Crippen LogP contribution is 2.23. The van der Waals surface area contributed by atoms with Gasteiger partial charge in [-0.15, -0.1) is 0 Å². The fourth-order valence-electron chi connectivity index (χ4n) is 2.36. The average molecular weight is 327 g/mol. The fourth-order valence-corrected chi connectivity index (χ4v) is 2.36. The molecular weight excluding hydrogens is 302 g/mol. The number of hydrogen-bond acceptors (Lipinski definition) is 3. The lowest BCUT2D eigenvalue weighted by Gasteiger charge is -2.13. The first-order valence-electron chi connectivity index (χ1n) is 8.36. The lowest BCUT2D eigenvalue weighted by atomic mass is 10.1. The lowest BCUT2D eigenvalue weighted by Crippen LogP contribution is -2.13. The van der Waals surface area contributed by atoms with Gasteiger partial charge in [0.05, 0.1) is 13.2 Å². The van der Waals surface area contributed by atoms with Gasteiger partial charge in [-0.25, -0.2) is 0 Å². The molecule has 0 saturated heterocycles. The van der Waals surface area contributed by atoms with Gasteiger partial charge in [0.1, 0.15) is 5.75 Å². The third-order valence-electron chi connectivity index (χ3n) is 3.62. The highest BCUT2D eigenvalue weighted by atomic mass is 16.5. The van der Waals surface area contributed by atoms with Crippen molar-refractivity contribution in [1.82, 2.24) is 0 Å². The minimum atomic E-state index is -0.135. The van der Waals surface area contributed by atoms with Crippen LogP contribution in [-0.4, -0.2) is 19.1 Å². The Labute approximate surface area is 143 Å². The van der Waals surface area contributed by atoms with E-state index in [1.807, 2.05) is 50.2 Å². The molecule has 1 amide bonds. The maximum Gasteiger partial charge on any atom is 0.255 e. The SMILES string of the molecule is CCCOCc1cc(C(=O)Nc2ccccc2C)ccc1OCC. The van der Waals surface area contributed by atoms with Crippen molar-refractivity contribution in [2.24, 2.45) is 0 Å². The summed E-state index contributed by atoms with van der Waals surface area (Å²) in [5.41, 5.74) is 3.34. The van der Waals surface area contributed by atoms with E-state index in [4.69, 9.17) is 9.47 Å². The molecule has 0 atom stereocenters. The van der Waals surface area contributed by atoms with Gasteiger partial charge in [0.25, 0.3) is 5.91 Å². The summed E-state index contributed by atoms with van der Waals surface area (Å²) < 4.78 is 11.2. The predicted octanol–water partition coefficient (Wildman–Crippen LogP) is 4.57. The van der Waals surface area contributed by atoms with Crippen LogP contribution in [0.15, 0.2) is 42.5 Å². The normalized spacial score (nSPS) is 10.5. The van der Waals surface area contributed by atoms with Crippen molar-refractivity contribution in [3.63, 3.8) is 0 Å². The Balaban J connectivity index is 2.18. The van der Waals surface area contributed by atoms with Gasteiger partial charge in [0.15, 0.2) is 0 Å². The quantitative estimate of drug-likeness (QED) is 0.722. The molecule has 0 bridgehead atoms. The van der Waals surface area contributed by atoms with Gasteiger partial charge in [0.2, 0.25) is 0 Å². The van der Waals surface area contributed by atoms with Crippen LogP contribution in [-0.2, 0) is 11.3 Å². The van der Waals surface area contributed by atoms with Crippen molar-refractivity contribution in [2.45, 2.75) is 33.8 Å². The molecule has 128 valence electrons. The van der Waals surface area contributed by atoms with Crippen LogP contribution < -0.4 is 10.1 Å². The molecule has 4 nitrogen and oxygen atoms in total. The van der Waals surface area contributed by atoms with Crippen LogP contribution in [0.1, 0.15) is 41.8 Å². The van der Waals surface area contributed by atoms with E-state index in [1.165, 1.54) is 0 Å². The van der Waals surface area contributed by atoms with Crippen LogP contribution in [0, 0.1) is 6.92 Å². The molecular formula is C20H25NO3. The molecule has 0 saturated carbocycles. The van der Waals surface area contributed by atoms with E-state index in [0.717, 1.165) is 29.0 Å². The van der Waals surface area contributed by atoms with E-state index in [1.54, 1.807) is 6.07 Å².